The summed E-state index contributed by atoms with van der Waals surface area (Å²) in [6, 6.07) is 2.42. The number of hydrogen-bond donors (Lipinski definition) is 0. The Balaban J connectivity index is 2.19. The highest BCUT2D eigenvalue weighted by molar-refractivity contribution is 5.94. The molecular formula is C12H14NO4-. The second-order valence-corrected chi connectivity index (χ2v) is 4.24. The lowest BCUT2D eigenvalue weighted by molar-refractivity contribution is -0.311. The van der Waals surface area contributed by atoms with E-state index in [9.17, 15) is 14.7 Å². The van der Waals surface area contributed by atoms with Crippen LogP contribution in [0.3, 0.4) is 0 Å². The first kappa shape index (κ1) is 11.7. The molecule has 0 saturated carbocycles. The number of rotatable bonds is 2. The third-order valence-corrected chi connectivity index (χ3v) is 2.99. The quantitative estimate of drug-likeness (QED) is 0.741. The number of amides is 1. The number of carboxylic acid groups (broad SMARTS) is 1. The zero-order valence-electron chi connectivity index (χ0n) is 9.64. The van der Waals surface area contributed by atoms with Crippen LogP contribution in [0, 0.1) is 6.92 Å². The molecule has 0 N–H and O–H groups in total. The average Bonchev–Trinajstić information content (AvgIpc) is 2.75. The maximum atomic E-state index is 12.1. The molecule has 0 aromatic carbocycles. The van der Waals surface area contributed by atoms with Crippen molar-refractivity contribution in [2.24, 2.45) is 0 Å². The summed E-state index contributed by atoms with van der Waals surface area (Å²) in [6.45, 7) is 2.18. The number of carbonyl (C=O) groups excluding carboxylic acids is 2. The smallest absolute Gasteiger partial charge is 0.290 e. The maximum absolute atomic E-state index is 12.1. The van der Waals surface area contributed by atoms with Crippen molar-refractivity contribution < 1.29 is 19.1 Å². The summed E-state index contributed by atoms with van der Waals surface area (Å²) >= 11 is 0. The topological polar surface area (TPSA) is 73.6 Å². The Morgan fingerprint density at radius 2 is 2.18 bits per heavy atom. The number of carboxylic acids is 1. The van der Waals surface area contributed by atoms with Crippen LogP contribution in [-0.2, 0) is 4.79 Å². The predicted octanol–water partition coefficient (Wildman–Crippen LogP) is 0.333. The molecule has 0 bridgehead atoms. The van der Waals surface area contributed by atoms with Crippen molar-refractivity contribution in [1.29, 1.82) is 0 Å². The van der Waals surface area contributed by atoms with Crippen molar-refractivity contribution in [3.63, 3.8) is 0 Å². The predicted molar refractivity (Wildman–Crippen MR) is 57.1 cm³/mol. The normalized spacial score (nSPS) is 20.3. The minimum absolute atomic E-state index is 0.190. The van der Waals surface area contributed by atoms with E-state index in [0.717, 1.165) is 12.8 Å². The molecule has 0 spiro atoms. The molecule has 2 rings (SSSR count). The Bertz CT molecular complexity index is 437. The summed E-state index contributed by atoms with van der Waals surface area (Å²) in [6.07, 6.45) is 2.07. The van der Waals surface area contributed by atoms with Crippen molar-refractivity contribution in [3.05, 3.63) is 23.7 Å². The Labute approximate surface area is 99.0 Å². The van der Waals surface area contributed by atoms with E-state index in [1.807, 2.05) is 0 Å². The fourth-order valence-electron chi connectivity index (χ4n) is 2.11. The van der Waals surface area contributed by atoms with Crippen LogP contribution in [0.1, 0.15) is 35.6 Å². The van der Waals surface area contributed by atoms with E-state index in [0.29, 0.717) is 18.7 Å². The third kappa shape index (κ3) is 2.33. The van der Waals surface area contributed by atoms with Gasteiger partial charge in [-0.15, -0.1) is 0 Å². The van der Waals surface area contributed by atoms with E-state index in [1.165, 1.54) is 4.90 Å². The van der Waals surface area contributed by atoms with Crippen LogP contribution < -0.4 is 5.11 Å². The lowest BCUT2D eigenvalue weighted by atomic mass is 10.0. The van der Waals surface area contributed by atoms with E-state index in [-0.39, 0.29) is 11.7 Å². The van der Waals surface area contributed by atoms with Crippen molar-refractivity contribution in [1.82, 2.24) is 4.90 Å². The lowest BCUT2D eigenvalue weighted by Gasteiger charge is -2.35. The molecule has 1 atom stereocenters. The number of carbonyl (C=O) groups is 2. The highest BCUT2D eigenvalue weighted by atomic mass is 16.4. The third-order valence-electron chi connectivity index (χ3n) is 2.99. The number of piperidine rings is 1. The molecule has 1 fully saturated rings. The van der Waals surface area contributed by atoms with Crippen molar-refractivity contribution in [2.45, 2.75) is 32.2 Å². The molecule has 1 saturated heterocycles. The van der Waals surface area contributed by atoms with Gasteiger partial charge in [0.25, 0.3) is 5.91 Å². The van der Waals surface area contributed by atoms with Crippen LogP contribution in [-0.4, -0.2) is 29.4 Å². The number of likely N-dealkylation sites (tertiary alicyclic amines) is 1. The molecule has 0 radical (unpaired) electrons. The van der Waals surface area contributed by atoms with Crippen LogP contribution >= 0.6 is 0 Å². The van der Waals surface area contributed by atoms with Gasteiger partial charge in [0, 0.05) is 6.54 Å². The van der Waals surface area contributed by atoms with Crippen LogP contribution in [0.5, 0.6) is 0 Å². The largest absolute Gasteiger partial charge is 0.548 e. The molecule has 17 heavy (non-hydrogen) atoms. The molecule has 92 valence electrons. The van der Waals surface area contributed by atoms with Crippen molar-refractivity contribution in [3.8, 4) is 0 Å². The standard InChI is InChI=1S/C12H15NO4/c1-8-5-6-10(17-8)11(14)13-7-3-2-4-9(13)12(15)16/h5-6,9H,2-4,7H2,1H3,(H,15,16)/p-1. The minimum Gasteiger partial charge on any atom is -0.548 e. The summed E-state index contributed by atoms with van der Waals surface area (Å²) in [7, 11) is 0. The molecule has 2 heterocycles. The maximum Gasteiger partial charge on any atom is 0.290 e. The molecule has 1 aliphatic rings. The highest BCUT2D eigenvalue weighted by Crippen LogP contribution is 2.20. The lowest BCUT2D eigenvalue weighted by Crippen LogP contribution is -2.52. The van der Waals surface area contributed by atoms with Gasteiger partial charge in [-0.2, -0.15) is 0 Å². The van der Waals surface area contributed by atoms with Gasteiger partial charge in [-0.3, -0.25) is 4.79 Å². The Kier molecular flexibility index (Phi) is 3.17. The first-order valence-corrected chi connectivity index (χ1v) is 5.68. The number of nitrogens with zero attached hydrogens (tertiary/aromatic N) is 1. The van der Waals surface area contributed by atoms with Gasteiger partial charge in [-0.05, 0) is 38.3 Å². The van der Waals surface area contributed by atoms with Crippen LogP contribution in [0.2, 0.25) is 0 Å². The number of aliphatic carboxylic acids is 1. The molecule has 0 aliphatic carbocycles. The van der Waals surface area contributed by atoms with Crippen LogP contribution in [0.15, 0.2) is 16.5 Å². The molecular weight excluding hydrogens is 222 g/mol. The highest BCUT2D eigenvalue weighted by Gasteiger charge is 2.29. The first-order valence-electron chi connectivity index (χ1n) is 5.68. The van der Waals surface area contributed by atoms with Crippen molar-refractivity contribution >= 4 is 11.9 Å². The molecule has 1 aromatic heterocycles. The van der Waals surface area contributed by atoms with Gasteiger partial charge in [0.2, 0.25) is 0 Å². The number of hydrogen-bond acceptors (Lipinski definition) is 4. The Hall–Kier alpha value is -1.78. The Morgan fingerprint density at radius 1 is 1.41 bits per heavy atom. The van der Waals surface area contributed by atoms with Crippen LogP contribution in [0.25, 0.3) is 0 Å². The van der Waals surface area contributed by atoms with E-state index >= 15 is 0 Å². The summed E-state index contributed by atoms with van der Waals surface area (Å²) in [5.41, 5.74) is 0. The number of furan rings is 1. The van der Waals surface area contributed by atoms with Gasteiger partial charge >= 0.3 is 0 Å². The van der Waals surface area contributed by atoms with Gasteiger partial charge in [-0.25, -0.2) is 0 Å². The first-order chi connectivity index (χ1) is 8.09. The van der Waals surface area contributed by atoms with Gasteiger partial charge in [0.05, 0.1) is 12.0 Å². The summed E-state index contributed by atoms with van der Waals surface area (Å²) in [5.74, 6) is -0.737. The minimum atomic E-state index is -1.19. The second-order valence-electron chi connectivity index (χ2n) is 4.24. The van der Waals surface area contributed by atoms with Gasteiger partial charge < -0.3 is 19.2 Å². The van der Waals surface area contributed by atoms with E-state index in [4.69, 9.17) is 4.42 Å². The summed E-state index contributed by atoms with van der Waals surface area (Å²) in [5, 5.41) is 11.0. The fourth-order valence-corrected chi connectivity index (χ4v) is 2.11. The zero-order valence-corrected chi connectivity index (χ0v) is 9.64. The van der Waals surface area contributed by atoms with Gasteiger partial charge in [-0.1, -0.05) is 0 Å². The monoisotopic (exact) mass is 236 g/mol. The van der Waals surface area contributed by atoms with Gasteiger partial charge in [0.1, 0.15) is 5.76 Å². The Morgan fingerprint density at radius 3 is 2.76 bits per heavy atom. The fraction of sp³-hybridized carbons (Fsp3) is 0.500. The molecule has 1 aliphatic heterocycles. The molecule has 1 unspecified atom stereocenters. The SMILES string of the molecule is Cc1ccc(C(=O)N2CCCCC2C(=O)[O-])o1. The zero-order chi connectivity index (χ0) is 12.4. The number of aryl methyl sites for hydroxylation is 1. The van der Waals surface area contributed by atoms with Crippen LogP contribution in [0.4, 0.5) is 0 Å². The second kappa shape index (κ2) is 4.61. The molecule has 1 aromatic rings. The summed E-state index contributed by atoms with van der Waals surface area (Å²) < 4.78 is 5.22. The average molecular weight is 236 g/mol. The molecule has 5 nitrogen and oxygen atoms in total. The summed E-state index contributed by atoms with van der Waals surface area (Å²) in [4.78, 5) is 24.4. The molecule has 5 heteroatoms. The van der Waals surface area contributed by atoms with E-state index in [2.05, 4.69) is 0 Å². The van der Waals surface area contributed by atoms with Gasteiger partial charge in [0.15, 0.2) is 5.76 Å². The van der Waals surface area contributed by atoms with E-state index in [1.54, 1.807) is 19.1 Å². The van der Waals surface area contributed by atoms with Crippen molar-refractivity contribution in [2.75, 3.05) is 6.54 Å². The van der Waals surface area contributed by atoms with E-state index < -0.39 is 12.0 Å². The molecule has 1 amide bonds.